The van der Waals surface area contributed by atoms with E-state index in [0.29, 0.717) is 6.10 Å². The Morgan fingerprint density at radius 3 is 2.67 bits per heavy atom. The molecule has 1 saturated carbocycles. The fraction of sp³-hybridized carbons (Fsp3) is 1.00. The SMILES string of the molecule is O[C@@H]1CCC[C@H](OI)C1. The van der Waals surface area contributed by atoms with Crippen LogP contribution < -0.4 is 0 Å². The summed E-state index contributed by atoms with van der Waals surface area (Å²) in [5, 5.41) is 9.13. The average Bonchev–Trinajstić information content (AvgIpc) is 1.88. The molecule has 0 unspecified atom stereocenters. The summed E-state index contributed by atoms with van der Waals surface area (Å²) < 4.78 is 5.07. The Bertz CT molecular complexity index is 87.1. The van der Waals surface area contributed by atoms with Crippen LogP contribution in [0, 0.1) is 0 Å². The van der Waals surface area contributed by atoms with Gasteiger partial charge in [0, 0.05) is 6.42 Å². The summed E-state index contributed by atoms with van der Waals surface area (Å²) in [7, 11) is 0. The van der Waals surface area contributed by atoms with E-state index >= 15 is 0 Å². The molecule has 1 aliphatic rings. The fourth-order valence-electron chi connectivity index (χ4n) is 1.20. The molecule has 2 nitrogen and oxygen atoms in total. The lowest BCUT2D eigenvalue weighted by Crippen LogP contribution is -2.23. The molecule has 0 spiro atoms. The molecule has 0 saturated heterocycles. The lowest BCUT2D eigenvalue weighted by molar-refractivity contribution is 0.0737. The number of rotatable bonds is 1. The summed E-state index contributed by atoms with van der Waals surface area (Å²) in [5.74, 6) is 0. The third-order valence-electron chi connectivity index (χ3n) is 1.72. The minimum absolute atomic E-state index is 0.112. The summed E-state index contributed by atoms with van der Waals surface area (Å²) in [6.45, 7) is 0. The van der Waals surface area contributed by atoms with E-state index in [1.807, 2.05) is 23.0 Å². The minimum atomic E-state index is -0.112. The Morgan fingerprint density at radius 1 is 1.44 bits per heavy atom. The van der Waals surface area contributed by atoms with Gasteiger partial charge in [0.2, 0.25) is 0 Å². The van der Waals surface area contributed by atoms with Crippen molar-refractivity contribution >= 4 is 23.0 Å². The van der Waals surface area contributed by atoms with Gasteiger partial charge in [-0.25, -0.2) is 0 Å². The van der Waals surface area contributed by atoms with Crippen LogP contribution >= 0.6 is 23.0 Å². The number of aliphatic hydroxyl groups excluding tert-OH is 1. The highest BCUT2D eigenvalue weighted by Crippen LogP contribution is 2.22. The lowest BCUT2D eigenvalue weighted by Gasteiger charge is -2.22. The first-order valence-electron chi connectivity index (χ1n) is 3.28. The molecule has 1 aliphatic carbocycles. The molecule has 0 aromatic rings. The molecule has 3 heteroatoms. The smallest absolute Gasteiger partial charge is 0.110 e. The van der Waals surface area contributed by atoms with Crippen LogP contribution in [-0.2, 0) is 3.07 Å². The van der Waals surface area contributed by atoms with Crippen LogP contribution in [0.5, 0.6) is 0 Å². The van der Waals surface area contributed by atoms with Crippen LogP contribution in [0.3, 0.4) is 0 Å². The maximum absolute atomic E-state index is 9.13. The van der Waals surface area contributed by atoms with E-state index in [4.69, 9.17) is 8.17 Å². The van der Waals surface area contributed by atoms with Gasteiger partial charge in [0.15, 0.2) is 0 Å². The Morgan fingerprint density at radius 2 is 2.22 bits per heavy atom. The fourth-order valence-corrected chi connectivity index (χ4v) is 1.66. The summed E-state index contributed by atoms with van der Waals surface area (Å²) in [6, 6.07) is 0. The van der Waals surface area contributed by atoms with E-state index in [0.717, 1.165) is 25.7 Å². The van der Waals surface area contributed by atoms with Gasteiger partial charge in [0.25, 0.3) is 0 Å². The summed E-state index contributed by atoms with van der Waals surface area (Å²) in [5.41, 5.74) is 0. The van der Waals surface area contributed by atoms with Gasteiger partial charge in [0.05, 0.1) is 12.2 Å². The standard InChI is InChI=1S/C6H11IO2/c7-9-6-3-1-2-5(8)4-6/h5-6,8H,1-4H2/t5-,6+/m1/s1. The molecule has 0 aromatic carbocycles. The molecule has 2 atom stereocenters. The molecule has 1 rings (SSSR count). The van der Waals surface area contributed by atoms with E-state index in [-0.39, 0.29) is 6.10 Å². The van der Waals surface area contributed by atoms with Crippen LogP contribution in [0.2, 0.25) is 0 Å². The minimum Gasteiger partial charge on any atom is -0.393 e. The third kappa shape index (κ3) is 2.39. The van der Waals surface area contributed by atoms with Crippen molar-refractivity contribution in [1.82, 2.24) is 0 Å². The first-order valence-corrected chi connectivity index (χ1v) is 4.16. The predicted molar refractivity (Wildman–Crippen MR) is 43.4 cm³/mol. The van der Waals surface area contributed by atoms with Crippen molar-refractivity contribution in [2.75, 3.05) is 0 Å². The van der Waals surface area contributed by atoms with Crippen molar-refractivity contribution in [3.63, 3.8) is 0 Å². The third-order valence-corrected chi connectivity index (χ3v) is 2.44. The van der Waals surface area contributed by atoms with Crippen molar-refractivity contribution in [3.8, 4) is 0 Å². The van der Waals surface area contributed by atoms with Crippen molar-refractivity contribution < 1.29 is 8.17 Å². The maximum atomic E-state index is 9.13. The van der Waals surface area contributed by atoms with Gasteiger partial charge in [0.1, 0.15) is 23.0 Å². The van der Waals surface area contributed by atoms with Crippen LogP contribution in [0.15, 0.2) is 0 Å². The molecule has 0 aliphatic heterocycles. The zero-order valence-electron chi connectivity index (χ0n) is 5.22. The summed E-state index contributed by atoms with van der Waals surface area (Å²) >= 11 is 1.91. The van der Waals surface area contributed by atoms with Gasteiger partial charge in [-0.15, -0.1) is 0 Å². The highest BCUT2D eigenvalue weighted by Gasteiger charge is 2.19. The average molecular weight is 242 g/mol. The van der Waals surface area contributed by atoms with Crippen molar-refractivity contribution in [3.05, 3.63) is 0 Å². The zero-order chi connectivity index (χ0) is 6.69. The monoisotopic (exact) mass is 242 g/mol. The molecule has 0 amide bonds. The number of hydrogen-bond acceptors (Lipinski definition) is 2. The highest BCUT2D eigenvalue weighted by atomic mass is 127. The highest BCUT2D eigenvalue weighted by molar-refractivity contribution is 14.1. The summed E-state index contributed by atoms with van der Waals surface area (Å²) in [6.07, 6.45) is 4.18. The second kappa shape index (κ2) is 3.73. The molecule has 1 fully saturated rings. The molecular formula is C6H11IO2. The molecular weight excluding hydrogens is 231 g/mol. The topological polar surface area (TPSA) is 29.5 Å². The lowest BCUT2D eigenvalue weighted by atomic mass is 9.95. The van der Waals surface area contributed by atoms with Gasteiger partial charge in [-0.05, 0) is 19.3 Å². The Hall–Kier alpha value is 0.650. The number of halogens is 1. The second-order valence-corrected chi connectivity index (χ2v) is 3.04. The normalized spacial score (nSPS) is 36.7. The Balaban J connectivity index is 2.23. The van der Waals surface area contributed by atoms with Crippen LogP contribution in [0.1, 0.15) is 25.7 Å². The number of hydrogen-bond donors (Lipinski definition) is 1. The molecule has 0 aromatic heterocycles. The van der Waals surface area contributed by atoms with Crippen molar-refractivity contribution in [1.29, 1.82) is 0 Å². The van der Waals surface area contributed by atoms with Gasteiger partial charge < -0.3 is 8.17 Å². The Kier molecular flexibility index (Phi) is 3.21. The number of aliphatic hydroxyl groups is 1. The molecule has 0 bridgehead atoms. The quantitative estimate of drug-likeness (QED) is 0.708. The van der Waals surface area contributed by atoms with Gasteiger partial charge in [-0.1, -0.05) is 0 Å². The van der Waals surface area contributed by atoms with Crippen LogP contribution in [0.25, 0.3) is 0 Å². The van der Waals surface area contributed by atoms with E-state index in [1.54, 1.807) is 0 Å². The van der Waals surface area contributed by atoms with Crippen molar-refractivity contribution in [2.45, 2.75) is 37.9 Å². The van der Waals surface area contributed by atoms with E-state index in [9.17, 15) is 0 Å². The van der Waals surface area contributed by atoms with Gasteiger partial charge in [-0.3, -0.25) is 0 Å². The summed E-state index contributed by atoms with van der Waals surface area (Å²) in [4.78, 5) is 0. The Labute approximate surface area is 69.3 Å². The molecule has 9 heavy (non-hydrogen) atoms. The molecule has 0 radical (unpaired) electrons. The first kappa shape index (κ1) is 7.75. The predicted octanol–water partition coefficient (Wildman–Crippen LogP) is 1.66. The van der Waals surface area contributed by atoms with Gasteiger partial charge in [-0.2, -0.15) is 0 Å². The molecule has 0 heterocycles. The largest absolute Gasteiger partial charge is 0.393 e. The first-order chi connectivity index (χ1) is 4.33. The zero-order valence-corrected chi connectivity index (χ0v) is 7.37. The van der Waals surface area contributed by atoms with Crippen LogP contribution in [-0.4, -0.2) is 17.3 Å². The van der Waals surface area contributed by atoms with E-state index < -0.39 is 0 Å². The van der Waals surface area contributed by atoms with E-state index in [2.05, 4.69) is 0 Å². The van der Waals surface area contributed by atoms with Gasteiger partial charge >= 0.3 is 0 Å². The van der Waals surface area contributed by atoms with Crippen LogP contribution in [0.4, 0.5) is 0 Å². The maximum Gasteiger partial charge on any atom is 0.110 e. The van der Waals surface area contributed by atoms with Crippen molar-refractivity contribution in [2.24, 2.45) is 0 Å². The molecule has 1 N–H and O–H groups in total. The second-order valence-electron chi connectivity index (χ2n) is 2.53. The van der Waals surface area contributed by atoms with E-state index in [1.165, 1.54) is 0 Å². The molecule has 54 valence electrons.